The summed E-state index contributed by atoms with van der Waals surface area (Å²) < 4.78 is 17.8. The van der Waals surface area contributed by atoms with Gasteiger partial charge in [0.2, 0.25) is 5.78 Å². The summed E-state index contributed by atoms with van der Waals surface area (Å²) in [4.78, 5) is 53.0. The van der Waals surface area contributed by atoms with Gasteiger partial charge < -0.3 is 24.0 Å². The first-order valence-corrected chi connectivity index (χ1v) is 14.6. The molecule has 10 nitrogen and oxygen atoms in total. The molecule has 2 saturated carbocycles. The van der Waals surface area contributed by atoms with Crippen LogP contribution in [0.1, 0.15) is 82.8 Å². The first-order valence-electron chi connectivity index (χ1n) is 14.2. The molecule has 4 aliphatic rings. The number of hydrogen-bond acceptors (Lipinski definition) is 9. The third-order valence-electron chi connectivity index (χ3n) is 8.42. The predicted octanol–water partition coefficient (Wildman–Crippen LogP) is 4.43. The molecule has 0 bridgehead atoms. The highest BCUT2D eigenvalue weighted by atomic mass is 35.5. The van der Waals surface area contributed by atoms with Crippen LogP contribution in [-0.4, -0.2) is 83.3 Å². The summed E-state index contributed by atoms with van der Waals surface area (Å²) in [5, 5.41) is 0.145. The van der Waals surface area contributed by atoms with Crippen LogP contribution in [0.3, 0.4) is 0 Å². The molecule has 0 N–H and O–H groups in total. The Hall–Kier alpha value is -2.30. The minimum Gasteiger partial charge on any atom is -0.444 e. The standard InChI is InChI=1S/C28H39ClN4O6/c1-26(2,3)39-25(36)33-13-7-12-32(14-15-33)21-18-20(29)30-24(31-21)22(34)19-8-6-10-27(23(19)35)9-4-5-11-28(27)37-16-17-38-28/h18-19H,4-17H2,1-3H3/t19?,27-/m0/s1. The summed E-state index contributed by atoms with van der Waals surface area (Å²) in [5.74, 6) is -1.80. The summed E-state index contributed by atoms with van der Waals surface area (Å²) in [6.07, 6.45) is 5.40. The van der Waals surface area contributed by atoms with Crippen LogP contribution < -0.4 is 4.90 Å². The number of nitrogens with zero attached hydrogens (tertiary/aromatic N) is 4. The van der Waals surface area contributed by atoms with E-state index in [1.165, 1.54) is 0 Å². The van der Waals surface area contributed by atoms with E-state index in [4.69, 9.17) is 25.8 Å². The molecule has 4 fully saturated rings. The van der Waals surface area contributed by atoms with Gasteiger partial charge in [-0.25, -0.2) is 14.8 Å². The molecule has 1 aromatic heterocycles. The lowest BCUT2D eigenvalue weighted by atomic mass is 9.57. The van der Waals surface area contributed by atoms with Gasteiger partial charge in [0.05, 0.1) is 24.5 Å². The Labute approximate surface area is 234 Å². The zero-order valence-electron chi connectivity index (χ0n) is 23.2. The Balaban J connectivity index is 1.34. The Kier molecular flexibility index (Phi) is 7.92. The molecule has 5 rings (SSSR count). The van der Waals surface area contributed by atoms with Crippen molar-refractivity contribution in [1.29, 1.82) is 0 Å². The number of ether oxygens (including phenoxy) is 3. The SMILES string of the molecule is CC(C)(C)OC(=O)N1CCCN(c2cc(Cl)nc(C(=O)C3CCC[C@@]4(CCCCC45OCCO5)C3=O)n2)CC1. The van der Waals surface area contributed by atoms with Crippen molar-refractivity contribution in [2.45, 2.75) is 83.5 Å². The molecule has 2 saturated heterocycles. The molecule has 39 heavy (non-hydrogen) atoms. The van der Waals surface area contributed by atoms with E-state index in [1.54, 1.807) is 11.0 Å². The molecule has 3 heterocycles. The lowest BCUT2D eigenvalue weighted by Gasteiger charge is -2.51. The summed E-state index contributed by atoms with van der Waals surface area (Å²) in [6, 6.07) is 1.63. The van der Waals surface area contributed by atoms with Gasteiger partial charge in [-0.3, -0.25) is 9.59 Å². The maximum absolute atomic E-state index is 14.1. The van der Waals surface area contributed by atoms with Crippen LogP contribution in [0.25, 0.3) is 0 Å². The highest BCUT2D eigenvalue weighted by Crippen LogP contribution is 2.56. The van der Waals surface area contributed by atoms with E-state index in [1.807, 2.05) is 25.7 Å². The Bertz CT molecular complexity index is 1110. The molecule has 2 aliphatic carbocycles. The minimum atomic E-state index is -0.923. The van der Waals surface area contributed by atoms with E-state index in [0.717, 1.165) is 19.3 Å². The van der Waals surface area contributed by atoms with Crippen molar-refractivity contribution in [3.8, 4) is 0 Å². The van der Waals surface area contributed by atoms with Gasteiger partial charge in [0.25, 0.3) is 0 Å². The topological polar surface area (TPSA) is 111 Å². The number of rotatable bonds is 3. The summed E-state index contributed by atoms with van der Waals surface area (Å²) in [5.41, 5.74) is -1.38. The van der Waals surface area contributed by atoms with Crippen molar-refractivity contribution >= 4 is 35.1 Å². The van der Waals surface area contributed by atoms with Crippen molar-refractivity contribution in [3.05, 3.63) is 17.0 Å². The number of fused-ring (bicyclic) bond motifs is 1. The number of anilines is 1. The van der Waals surface area contributed by atoms with E-state index in [0.29, 0.717) is 77.3 Å². The lowest BCUT2D eigenvalue weighted by Crippen LogP contribution is -2.60. The summed E-state index contributed by atoms with van der Waals surface area (Å²) in [6.45, 7) is 8.61. The number of carbonyl (C=O) groups excluding carboxylic acids is 3. The van der Waals surface area contributed by atoms with Crippen molar-refractivity contribution in [2.24, 2.45) is 11.3 Å². The van der Waals surface area contributed by atoms with E-state index < -0.39 is 28.5 Å². The Morgan fingerprint density at radius 1 is 1.00 bits per heavy atom. The first kappa shape index (κ1) is 28.2. The van der Waals surface area contributed by atoms with E-state index in [2.05, 4.69) is 9.97 Å². The molecule has 1 amide bonds. The average Bonchev–Trinajstić information content (AvgIpc) is 3.21. The fourth-order valence-electron chi connectivity index (χ4n) is 6.65. The molecule has 2 aliphatic heterocycles. The molecule has 2 atom stereocenters. The number of amides is 1. The first-order chi connectivity index (χ1) is 18.5. The Morgan fingerprint density at radius 2 is 1.72 bits per heavy atom. The van der Waals surface area contributed by atoms with Gasteiger partial charge in [-0.1, -0.05) is 24.4 Å². The molecule has 1 unspecified atom stereocenters. The smallest absolute Gasteiger partial charge is 0.410 e. The molecule has 0 radical (unpaired) electrons. The van der Waals surface area contributed by atoms with Crippen LogP contribution >= 0.6 is 11.6 Å². The van der Waals surface area contributed by atoms with Gasteiger partial charge in [0.15, 0.2) is 17.4 Å². The molecular formula is C28H39ClN4O6. The number of hydrogen-bond donors (Lipinski definition) is 0. The van der Waals surface area contributed by atoms with Crippen molar-refractivity contribution in [2.75, 3.05) is 44.3 Å². The maximum Gasteiger partial charge on any atom is 0.410 e. The van der Waals surface area contributed by atoms with Crippen molar-refractivity contribution in [1.82, 2.24) is 14.9 Å². The van der Waals surface area contributed by atoms with Gasteiger partial charge in [-0.05, 0) is 52.9 Å². The number of halogens is 1. The predicted molar refractivity (Wildman–Crippen MR) is 144 cm³/mol. The number of aromatic nitrogens is 2. The molecule has 214 valence electrons. The largest absolute Gasteiger partial charge is 0.444 e. The quantitative estimate of drug-likeness (QED) is 0.300. The van der Waals surface area contributed by atoms with Crippen molar-refractivity contribution in [3.63, 3.8) is 0 Å². The third-order valence-corrected chi connectivity index (χ3v) is 8.61. The number of ketones is 2. The maximum atomic E-state index is 14.1. The third kappa shape index (κ3) is 5.52. The van der Waals surface area contributed by atoms with Crippen LogP contribution in [0.4, 0.5) is 10.6 Å². The summed E-state index contributed by atoms with van der Waals surface area (Å²) in [7, 11) is 0. The second kappa shape index (κ2) is 10.9. The zero-order chi connectivity index (χ0) is 27.8. The van der Waals surface area contributed by atoms with Crippen LogP contribution in [0.2, 0.25) is 5.15 Å². The van der Waals surface area contributed by atoms with Gasteiger partial charge in [-0.2, -0.15) is 0 Å². The zero-order valence-corrected chi connectivity index (χ0v) is 23.9. The molecule has 0 aromatic carbocycles. The second-order valence-corrected chi connectivity index (χ2v) is 12.5. The summed E-state index contributed by atoms with van der Waals surface area (Å²) >= 11 is 6.38. The molecule has 11 heteroatoms. The van der Waals surface area contributed by atoms with Gasteiger partial charge in [0.1, 0.15) is 16.6 Å². The van der Waals surface area contributed by atoms with Gasteiger partial charge >= 0.3 is 6.09 Å². The Morgan fingerprint density at radius 3 is 2.46 bits per heavy atom. The average molecular weight is 563 g/mol. The van der Waals surface area contributed by atoms with Gasteiger partial charge in [0, 0.05) is 38.7 Å². The highest BCUT2D eigenvalue weighted by Gasteiger charge is 2.63. The van der Waals surface area contributed by atoms with E-state index >= 15 is 0 Å². The van der Waals surface area contributed by atoms with Crippen LogP contribution in [-0.2, 0) is 19.0 Å². The molecule has 2 spiro atoms. The van der Waals surface area contributed by atoms with E-state index in [9.17, 15) is 14.4 Å². The fraction of sp³-hybridized carbons (Fsp3) is 0.750. The molecule has 1 aromatic rings. The van der Waals surface area contributed by atoms with Crippen LogP contribution in [0.15, 0.2) is 6.07 Å². The monoisotopic (exact) mass is 562 g/mol. The fourth-order valence-corrected chi connectivity index (χ4v) is 6.83. The highest BCUT2D eigenvalue weighted by molar-refractivity contribution is 6.29. The number of carbonyl (C=O) groups is 3. The normalized spacial score (nSPS) is 27.6. The van der Waals surface area contributed by atoms with Crippen LogP contribution in [0.5, 0.6) is 0 Å². The van der Waals surface area contributed by atoms with Crippen LogP contribution in [0, 0.1) is 11.3 Å². The van der Waals surface area contributed by atoms with Crippen molar-refractivity contribution < 1.29 is 28.6 Å². The lowest BCUT2D eigenvalue weighted by molar-refractivity contribution is -0.255. The molecular weight excluding hydrogens is 524 g/mol. The second-order valence-electron chi connectivity index (χ2n) is 12.1. The van der Waals surface area contributed by atoms with Gasteiger partial charge in [-0.15, -0.1) is 0 Å². The van der Waals surface area contributed by atoms with E-state index in [-0.39, 0.29) is 22.9 Å². The number of Topliss-reactive ketones (excluding diaryl/α,β-unsaturated/α-hetero) is 2. The minimum absolute atomic E-state index is 0.0423.